The first kappa shape index (κ1) is 17.3. The summed E-state index contributed by atoms with van der Waals surface area (Å²) in [5.41, 5.74) is 4.52. The summed E-state index contributed by atoms with van der Waals surface area (Å²) in [6, 6.07) is 17.2. The molecule has 3 nitrogen and oxygen atoms in total. The summed E-state index contributed by atoms with van der Waals surface area (Å²) < 4.78 is 8.07. The Labute approximate surface area is 153 Å². The SMILES string of the molecule is CCn1c(C)cc(C=Nc2ccc(Oc3ccccc3Cl)cc2)c1C. The van der Waals surface area contributed by atoms with Crippen molar-refractivity contribution in [3.63, 3.8) is 0 Å². The molecule has 0 atom stereocenters. The van der Waals surface area contributed by atoms with E-state index in [1.54, 1.807) is 0 Å². The second-order valence-corrected chi connectivity index (χ2v) is 6.26. The van der Waals surface area contributed by atoms with Gasteiger partial charge in [0.2, 0.25) is 0 Å². The first-order chi connectivity index (χ1) is 12.1. The van der Waals surface area contributed by atoms with Crippen LogP contribution in [0.15, 0.2) is 59.6 Å². The molecule has 0 saturated carbocycles. The Morgan fingerprint density at radius 2 is 1.80 bits per heavy atom. The van der Waals surface area contributed by atoms with Gasteiger partial charge >= 0.3 is 0 Å². The molecule has 2 aromatic carbocycles. The van der Waals surface area contributed by atoms with Gasteiger partial charge in [-0.15, -0.1) is 0 Å². The van der Waals surface area contributed by atoms with Crippen molar-refractivity contribution in [1.82, 2.24) is 4.57 Å². The van der Waals surface area contributed by atoms with Gasteiger partial charge in [-0.25, -0.2) is 0 Å². The number of hydrogen-bond donors (Lipinski definition) is 0. The predicted molar refractivity (Wildman–Crippen MR) is 105 cm³/mol. The zero-order valence-corrected chi connectivity index (χ0v) is 15.4. The summed E-state index contributed by atoms with van der Waals surface area (Å²) in [4.78, 5) is 4.57. The molecule has 0 aliphatic rings. The van der Waals surface area contributed by atoms with Crippen molar-refractivity contribution in [2.24, 2.45) is 4.99 Å². The second-order valence-electron chi connectivity index (χ2n) is 5.86. The lowest BCUT2D eigenvalue weighted by molar-refractivity contribution is 0.483. The molecule has 0 saturated heterocycles. The zero-order chi connectivity index (χ0) is 17.8. The lowest BCUT2D eigenvalue weighted by atomic mass is 10.2. The first-order valence-electron chi connectivity index (χ1n) is 8.31. The van der Waals surface area contributed by atoms with Gasteiger partial charge in [-0.3, -0.25) is 4.99 Å². The number of rotatable bonds is 5. The van der Waals surface area contributed by atoms with E-state index in [2.05, 4.69) is 36.4 Å². The van der Waals surface area contributed by atoms with Crippen LogP contribution in [-0.2, 0) is 6.54 Å². The van der Waals surface area contributed by atoms with Gasteiger partial charge in [0.25, 0.3) is 0 Å². The van der Waals surface area contributed by atoms with Crippen LogP contribution in [0.1, 0.15) is 23.9 Å². The number of halogens is 1. The molecule has 0 amide bonds. The van der Waals surface area contributed by atoms with Gasteiger partial charge in [-0.2, -0.15) is 0 Å². The van der Waals surface area contributed by atoms with Crippen LogP contribution in [0.2, 0.25) is 5.02 Å². The minimum atomic E-state index is 0.593. The average Bonchev–Trinajstić information content (AvgIpc) is 2.89. The van der Waals surface area contributed by atoms with E-state index < -0.39 is 0 Å². The zero-order valence-electron chi connectivity index (χ0n) is 14.7. The summed E-state index contributed by atoms with van der Waals surface area (Å²) in [5, 5.41) is 0.593. The largest absolute Gasteiger partial charge is 0.456 e. The Morgan fingerprint density at radius 1 is 1.08 bits per heavy atom. The Kier molecular flexibility index (Phi) is 5.25. The Morgan fingerprint density at radius 3 is 2.44 bits per heavy atom. The highest BCUT2D eigenvalue weighted by atomic mass is 35.5. The molecule has 128 valence electrons. The summed E-state index contributed by atoms with van der Waals surface area (Å²) in [6.07, 6.45) is 1.92. The van der Waals surface area contributed by atoms with E-state index in [4.69, 9.17) is 16.3 Å². The molecule has 0 unspecified atom stereocenters. The lowest BCUT2D eigenvalue weighted by Crippen LogP contribution is -1.99. The van der Waals surface area contributed by atoms with Crippen LogP contribution in [0.5, 0.6) is 11.5 Å². The maximum absolute atomic E-state index is 6.11. The third-order valence-electron chi connectivity index (χ3n) is 4.18. The van der Waals surface area contributed by atoms with Crippen molar-refractivity contribution in [3.8, 4) is 11.5 Å². The number of benzene rings is 2. The van der Waals surface area contributed by atoms with E-state index in [-0.39, 0.29) is 0 Å². The van der Waals surface area contributed by atoms with Crippen LogP contribution in [0.25, 0.3) is 0 Å². The minimum Gasteiger partial charge on any atom is -0.456 e. The molecule has 0 aliphatic carbocycles. The summed E-state index contributed by atoms with van der Waals surface area (Å²) in [5.74, 6) is 1.38. The number of aromatic nitrogens is 1. The molecule has 0 N–H and O–H groups in total. The van der Waals surface area contributed by atoms with Gasteiger partial charge in [0, 0.05) is 29.7 Å². The lowest BCUT2D eigenvalue weighted by Gasteiger charge is -2.07. The number of nitrogens with zero attached hydrogens (tertiary/aromatic N) is 2. The molecular formula is C21H21ClN2O. The molecule has 3 rings (SSSR count). The van der Waals surface area contributed by atoms with Crippen molar-refractivity contribution in [1.29, 1.82) is 0 Å². The number of ether oxygens (including phenoxy) is 1. The van der Waals surface area contributed by atoms with E-state index in [9.17, 15) is 0 Å². The van der Waals surface area contributed by atoms with E-state index in [0.29, 0.717) is 10.8 Å². The van der Waals surface area contributed by atoms with Gasteiger partial charge < -0.3 is 9.30 Å². The van der Waals surface area contributed by atoms with Gasteiger partial charge in [0.1, 0.15) is 11.5 Å². The second kappa shape index (κ2) is 7.58. The van der Waals surface area contributed by atoms with Gasteiger partial charge in [0.05, 0.1) is 10.7 Å². The van der Waals surface area contributed by atoms with E-state index in [0.717, 1.165) is 23.5 Å². The summed E-state index contributed by atoms with van der Waals surface area (Å²) in [6.45, 7) is 7.37. The van der Waals surface area contributed by atoms with Gasteiger partial charge in [-0.05, 0) is 63.2 Å². The van der Waals surface area contributed by atoms with Crippen molar-refractivity contribution in [3.05, 3.63) is 76.6 Å². The highest BCUT2D eigenvalue weighted by molar-refractivity contribution is 6.32. The minimum absolute atomic E-state index is 0.593. The molecule has 25 heavy (non-hydrogen) atoms. The Bertz CT molecular complexity index is 895. The quantitative estimate of drug-likeness (QED) is 0.493. The molecule has 1 aromatic heterocycles. The van der Waals surface area contributed by atoms with Crippen LogP contribution in [0.4, 0.5) is 5.69 Å². The van der Waals surface area contributed by atoms with Crippen LogP contribution >= 0.6 is 11.6 Å². The average molecular weight is 353 g/mol. The fourth-order valence-corrected chi connectivity index (χ4v) is 3.02. The van der Waals surface area contributed by atoms with E-state index in [1.165, 1.54) is 11.4 Å². The highest BCUT2D eigenvalue weighted by Crippen LogP contribution is 2.29. The van der Waals surface area contributed by atoms with Crippen LogP contribution in [0, 0.1) is 13.8 Å². The predicted octanol–water partition coefficient (Wildman–Crippen LogP) is 6.32. The van der Waals surface area contributed by atoms with Crippen molar-refractivity contribution >= 4 is 23.5 Å². The summed E-state index contributed by atoms with van der Waals surface area (Å²) >= 11 is 6.11. The maximum atomic E-state index is 6.11. The normalized spacial score (nSPS) is 11.2. The molecule has 1 heterocycles. The number of aliphatic imine (C=N–C) groups is 1. The standard InChI is InChI=1S/C21H21ClN2O/c1-4-24-15(2)13-17(16(24)3)14-23-18-9-11-19(12-10-18)25-21-8-6-5-7-20(21)22/h5-14H,4H2,1-3H3. The Hall–Kier alpha value is -2.52. The van der Waals surface area contributed by atoms with Gasteiger partial charge in [-0.1, -0.05) is 23.7 Å². The summed E-state index contributed by atoms with van der Waals surface area (Å²) in [7, 11) is 0. The fourth-order valence-electron chi connectivity index (χ4n) is 2.84. The van der Waals surface area contributed by atoms with E-state index >= 15 is 0 Å². The highest BCUT2D eigenvalue weighted by Gasteiger charge is 2.05. The maximum Gasteiger partial charge on any atom is 0.146 e. The van der Waals surface area contributed by atoms with Gasteiger partial charge in [0.15, 0.2) is 0 Å². The Balaban J connectivity index is 1.74. The molecular weight excluding hydrogens is 332 g/mol. The number of aryl methyl sites for hydroxylation is 1. The molecule has 4 heteroatoms. The molecule has 0 fully saturated rings. The van der Waals surface area contributed by atoms with Crippen LogP contribution in [-0.4, -0.2) is 10.8 Å². The number of hydrogen-bond acceptors (Lipinski definition) is 2. The third kappa shape index (κ3) is 3.94. The van der Waals surface area contributed by atoms with E-state index in [1.807, 2.05) is 54.7 Å². The molecule has 0 aliphatic heterocycles. The van der Waals surface area contributed by atoms with Crippen LogP contribution in [0.3, 0.4) is 0 Å². The molecule has 0 bridgehead atoms. The van der Waals surface area contributed by atoms with Crippen molar-refractivity contribution < 1.29 is 4.74 Å². The molecule has 0 radical (unpaired) electrons. The monoisotopic (exact) mass is 352 g/mol. The van der Waals surface area contributed by atoms with Crippen molar-refractivity contribution in [2.45, 2.75) is 27.3 Å². The topological polar surface area (TPSA) is 26.5 Å². The first-order valence-corrected chi connectivity index (χ1v) is 8.69. The molecule has 3 aromatic rings. The number of para-hydroxylation sites is 1. The van der Waals surface area contributed by atoms with Crippen LogP contribution < -0.4 is 4.74 Å². The smallest absolute Gasteiger partial charge is 0.146 e. The third-order valence-corrected chi connectivity index (χ3v) is 4.50. The van der Waals surface area contributed by atoms with Crippen molar-refractivity contribution in [2.75, 3.05) is 0 Å². The fraction of sp³-hybridized carbons (Fsp3) is 0.190. The molecule has 0 spiro atoms.